The monoisotopic (exact) mass is 281 g/mol. The second kappa shape index (κ2) is 4.16. The molecule has 2 N–H and O–H groups in total. The normalized spacial score (nSPS) is 10.2. The average Bonchev–Trinajstić information content (AvgIpc) is 2.65. The van der Waals surface area contributed by atoms with Gasteiger partial charge in [0.15, 0.2) is 0 Å². The zero-order chi connectivity index (χ0) is 10.8. The van der Waals surface area contributed by atoms with Crippen LogP contribution in [0.1, 0.15) is 15.2 Å². The predicted molar refractivity (Wildman–Crippen MR) is 66.3 cm³/mol. The maximum absolute atomic E-state index is 11.9. The number of hydrogen-bond donors (Lipinski definition) is 1. The Bertz CT molecular complexity index is 490. The van der Waals surface area contributed by atoms with Gasteiger partial charge in [-0.25, -0.2) is 0 Å². The summed E-state index contributed by atoms with van der Waals surface area (Å²) >= 11 is 4.75. The number of ketones is 1. The Kier molecular flexibility index (Phi) is 2.88. The molecule has 1 heterocycles. The lowest BCUT2D eigenvalue weighted by atomic mass is 10.1. The number of carbonyl (C=O) groups is 1. The van der Waals surface area contributed by atoms with E-state index in [1.165, 1.54) is 11.3 Å². The molecule has 0 fully saturated rings. The van der Waals surface area contributed by atoms with Gasteiger partial charge < -0.3 is 5.73 Å². The summed E-state index contributed by atoms with van der Waals surface area (Å²) in [6.45, 7) is 0. The van der Waals surface area contributed by atoms with Crippen LogP contribution in [0.5, 0.6) is 0 Å². The second-order valence-electron chi connectivity index (χ2n) is 3.08. The molecule has 0 spiro atoms. The van der Waals surface area contributed by atoms with Gasteiger partial charge in [0.25, 0.3) is 0 Å². The summed E-state index contributed by atoms with van der Waals surface area (Å²) in [5.74, 6) is 0.0331. The van der Waals surface area contributed by atoms with Crippen molar-refractivity contribution >= 4 is 38.7 Å². The van der Waals surface area contributed by atoms with Crippen molar-refractivity contribution in [1.29, 1.82) is 0 Å². The molecule has 2 nitrogen and oxygen atoms in total. The Morgan fingerprint density at radius 3 is 2.47 bits per heavy atom. The smallest absolute Gasteiger partial charge is 0.202 e. The van der Waals surface area contributed by atoms with Crippen molar-refractivity contribution in [3.63, 3.8) is 0 Å². The first-order chi connectivity index (χ1) is 7.16. The largest absolute Gasteiger partial charge is 0.399 e. The summed E-state index contributed by atoms with van der Waals surface area (Å²) in [4.78, 5) is 12.6. The highest BCUT2D eigenvalue weighted by Crippen LogP contribution is 2.22. The Balaban J connectivity index is 2.32. The lowest BCUT2D eigenvalue weighted by Crippen LogP contribution is -1.98. The molecule has 76 valence electrons. The van der Waals surface area contributed by atoms with Gasteiger partial charge in [-0.15, -0.1) is 11.3 Å². The molecular formula is C11H8BrNOS. The zero-order valence-corrected chi connectivity index (χ0v) is 10.1. The number of rotatable bonds is 2. The standard InChI is InChI=1S/C11H8BrNOS/c12-8-5-10(15-6-8)11(14)7-1-3-9(13)4-2-7/h1-6H,13H2. The Morgan fingerprint density at radius 2 is 1.93 bits per heavy atom. The van der Waals surface area contributed by atoms with Crippen molar-refractivity contribution in [1.82, 2.24) is 0 Å². The van der Waals surface area contributed by atoms with E-state index in [4.69, 9.17) is 5.73 Å². The van der Waals surface area contributed by atoms with Crippen LogP contribution in [0.3, 0.4) is 0 Å². The molecule has 15 heavy (non-hydrogen) atoms. The van der Waals surface area contributed by atoms with Gasteiger partial charge >= 0.3 is 0 Å². The van der Waals surface area contributed by atoms with Crippen LogP contribution in [0, 0.1) is 0 Å². The highest BCUT2D eigenvalue weighted by molar-refractivity contribution is 9.10. The third kappa shape index (κ3) is 2.27. The molecule has 2 aromatic rings. The van der Waals surface area contributed by atoms with Crippen molar-refractivity contribution in [2.45, 2.75) is 0 Å². The number of hydrogen-bond acceptors (Lipinski definition) is 3. The quantitative estimate of drug-likeness (QED) is 0.678. The van der Waals surface area contributed by atoms with E-state index in [-0.39, 0.29) is 5.78 Å². The molecule has 0 saturated heterocycles. The first-order valence-electron chi connectivity index (χ1n) is 4.31. The number of carbonyl (C=O) groups excluding carboxylic acids is 1. The molecule has 0 amide bonds. The van der Waals surface area contributed by atoms with E-state index < -0.39 is 0 Å². The van der Waals surface area contributed by atoms with Crippen LogP contribution in [0.4, 0.5) is 5.69 Å². The van der Waals surface area contributed by atoms with E-state index in [0.717, 1.165) is 9.35 Å². The van der Waals surface area contributed by atoms with Gasteiger partial charge in [0.05, 0.1) is 4.88 Å². The van der Waals surface area contributed by atoms with E-state index in [1.54, 1.807) is 24.3 Å². The number of benzene rings is 1. The molecule has 1 aromatic heterocycles. The zero-order valence-electron chi connectivity index (χ0n) is 7.74. The molecule has 0 atom stereocenters. The molecule has 0 aliphatic rings. The third-order valence-electron chi connectivity index (χ3n) is 1.96. The Labute approximate surface area is 99.9 Å². The molecule has 0 aliphatic heterocycles. The van der Waals surface area contributed by atoms with Gasteiger partial charge in [0, 0.05) is 21.1 Å². The molecule has 0 bridgehead atoms. The molecule has 0 unspecified atom stereocenters. The van der Waals surface area contributed by atoms with E-state index >= 15 is 0 Å². The Hall–Kier alpha value is -1.13. The maximum Gasteiger partial charge on any atom is 0.202 e. The fraction of sp³-hybridized carbons (Fsp3) is 0. The van der Waals surface area contributed by atoms with Crippen molar-refractivity contribution < 1.29 is 4.79 Å². The van der Waals surface area contributed by atoms with Gasteiger partial charge in [0.1, 0.15) is 0 Å². The number of thiophene rings is 1. The molecule has 4 heteroatoms. The number of halogens is 1. The molecule has 0 saturated carbocycles. The van der Waals surface area contributed by atoms with E-state index in [0.29, 0.717) is 11.3 Å². The van der Waals surface area contributed by atoms with E-state index in [1.807, 2.05) is 11.4 Å². The van der Waals surface area contributed by atoms with Crippen molar-refractivity contribution in [3.8, 4) is 0 Å². The minimum absolute atomic E-state index is 0.0331. The first kappa shape index (κ1) is 10.4. The van der Waals surface area contributed by atoms with Gasteiger partial charge in [-0.2, -0.15) is 0 Å². The number of anilines is 1. The summed E-state index contributed by atoms with van der Waals surface area (Å²) < 4.78 is 0.936. The minimum Gasteiger partial charge on any atom is -0.399 e. The summed E-state index contributed by atoms with van der Waals surface area (Å²) in [5, 5.41) is 1.89. The molecule has 2 rings (SSSR count). The highest BCUT2D eigenvalue weighted by atomic mass is 79.9. The van der Waals surface area contributed by atoms with Crippen LogP contribution >= 0.6 is 27.3 Å². The van der Waals surface area contributed by atoms with E-state index in [9.17, 15) is 4.79 Å². The SMILES string of the molecule is Nc1ccc(C(=O)c2cc(Br)cs2)cc1. The summed E-state index contributed by atoms with van der Waals surface area (Å²) in [6, 6.07) is 8.77. The molecule has 0 aliphatic carbocycles. The average molecular weight is 282 g/mol. The lowest BCUT2D eigenvalue weighted by Gasteiger charge is -1.98. The van der Waals surface area contributed by atoms with Crippen LogP contribution in [0.25, 0.3) is 0 Å². The predicted octanol–water partition coefficient (Wildman–Crippen LogP) is 3.32. The van der Waals surface area contributed by atoms with Gasteiger partial charge in [-0.3, -0.25) is 4.79 Å². The lowest BCUT2D eigenvalue weighted by molar-refractivity contribution is 0.104. The van der Waals surface area contributed by atoms with Crippen LogP contribution < -0.4 is 5.73 Å². The number of nitrogen functional groups attached to an aromatic ring is 1. The Morgan fingerprint density at radius 1 is 1.27 bits per heavy atom. The van der Waals surface area contributed by atoms with Gasteiger partial charge in [-0.1, -0.05) is 0 Å². The first-order valence-corrected chi connectivity index (χ1v) is 5.98. The molecule has 0 radical (unpaired) electrons. The van der Waals surface area contributed by atoms with Gasteiger partial charge in [-0.05, 0) is 46.3 Å². The summed E-state index contributed by atoms with van der Waals surface area (Å²) in [6.07, 6.45) is 0. The molecular weight excluding hydrogens is 274 g/mol. The van der Waals surface area contributed by atoms with Crippen molar-refractivity contribution in [2.24, 2.45) is 0 Å². The highest BCUT2D eigenvalue weighted by Gasteiger charge is 2.10. The minimum atomic E-state index is 0.0331. The van der Waals surface area contributed by atoms with Crippen molar-refractivity contribution in [3.05, 3.63) is 50.6 Å². The fourth-order valence-electron chi connectivity index (χ4n) is 1.21. The molecule has 1 aromatic carbocycles. The van der Waals surface area contributed by atoms with Crippen LogP contribution in [-0.4, -0.2) is 5.78 Å². The van der Waals surface area contributed by atoms with Crippen molar-refractivity contribution in [2.75, 3.05) is 5.73 Å². The summed E-state index contributed by atoms with van der Waals surface area (Å²) in [5.41, 5.74) is 6.88. The topological polar surface area (TPSA) is 43.1 Å². The fourth-order valence-corrected chi connectivity index (χ4v) is 2.60. The van der Waals surface area contributed by atoms with E-state index in [2.05, 4.69) is 15.9 Å². The third-order valence-corrected chi connectivity index (χ3v) is 3.65. The summed E-state index contributed by atoms with van der Waals surface area (Å²) in [7, 11) is 0. The second-order valence-corrected chi connectivity index (χ2v) is 4.91. The van der Waals surface area contributed by atoms with Crippen LogP contribution in [0.15, 0.2) is 40.2 Å². The van der Waals surface area contributed by atoms with Crippen LogP contribution in [0.2, 0.25) is 0 Å². The van der Waals surface area contributed by atoms with Crippen LogP contribution in [-0.2, 0) is 0 Å². The van der Waals surface area contributed by atoms with Gasteiger partial charge in [0.2, 0.25) is 5.78 Å². The number of nitrogens with two attached hydrogens (primary N) is 1. The maximum atomic E-state index is 11.9.